The summed E-state index contributed by atoms with van der Waals surface area (Å²) in [4.78, 5) is 32.5. The summed E-state index contributed by atoms with van der Waals surface area (Å²) in [6.45, 7) is 4.22. The Morgan fingerprint density at radius 1 is 1.04 bits per heavy atom. The van der Waals surface area contributed by atoms with Crippen LogP contribution >= 0.6 is 0 Å². The number of nitrogens with zero attached hydrogens (tertiary/aromatic N) is 3. The molecule has 6 nitrogen and oxygen atoms in total. The van der Waals surface area contributed by atoms with Crippen molar-refractivity contribution in [3.8, 4) is 0 Å². The fourth-order valence-corrected chi connectivity index (χ4v) is 3.10. The quantitative estimate of drug-likeness (QED) is 0.748. The fourth-order valence-electron chi connectivity index (χ4n) is 3.10. The van der Waals surface area contributed by atoms with Gasteiger partial charge in [-0.05, 0) is 17.2 Å². The second-order valence-electron chi connectivity index (χ2n) is 6.81. The van der Waals surface area contributed by atoms with Crippen molar-refractivity contribution in [2.75, 3.05) is 32.7 Å². The van der Waals surface area contributed by atoms with Crippen molar-refractivity contribution in [1.29, 1.82) is 0 Å². The maximum atomic E-state index is 12.3. The Kier molecular flexibility index (Phi) is 7.32. The molecule has 1 aliphatic rings. The molecular weight excluding hydrogens is 352 g/mol. The maximum absolute atomic E-state index is 12.3. The minimum atomic E-state index is -0.248. The Morgan fingerprint density at radius 3 is 2.54 bits per heavy atom. The molecule has 28 heavy (non-hydrogen) atoms. The Morgan fingerprint density at radius 2 is 1.82 bits per heavy atom. The van der Waals surface area contributed by atoms with Gasteiger partial charge in [0, 0.05) is 51.7 Å². The second kappa shape index (κ2) is 10.4. The van der Waals surface area contributed by atoms with Crippen molar-refractivity contribution in [3.05, 3.63) is 72.1 Å². The van der Waals surface area contributed by atoms with Crippen molar-refractivity contribution >= 4 is 17.9 Å². The Hall–Kier alpha value is -2.99. The van der Waals surface area contributed by atoms with Crippen molar-refractivity contribution < 1.29 is 9.59 Å². The largest absolute Gasteiger partial charge is 0.352 e. The molecule has 0 atom stereocenters. The van der Waals surface area contributed by atoms with E-state index in [-0.39, 0.29) is 18.2 Å². The van der Waals surface area contributed by atoms with E-state index in [9.17, 15) is 9.59 Å². The number of hydrogen-bond acceptors (Lipinski definition) is 4. The third-order valence-electron chi connectivity index (χ3n) is 4.72. The summed E-state index contributed by atoms with van der Waals surface area (Å²) < 4.78 is 0. The highest BCUT2D eigenvalue weighted by Gasteiger charge is 2.22. The molecule has 1 N–H and O–H groups in total. The molecular formula is C22H26N4O2. The van der Waals surface area contributed by atoms with Gasteiger partial charge in [0.2, 0.25) is 11.8 Å². The van der Waals surface area contributed by atoms with Crippen molar-refractivity contribution in [2.24, 2.45) is 0 Å². The molecule has 1 aromatic heterocycles. The first-order valence-electron chi connectivity index (χ1n) is 9.58. The molecule has 3 rings (SSSR count). The minimum absolute atomic E-state index is 0.103. The van der Waals surface area contributed by atoms with Gasteiger partial charge in [0.05, 0.1) is 0 Å². The first-order valence-corrected chi connectivity index (χ1v) is 9.58. The molecule has 2 heterocycles. The molecule has 0 aliphatic carbocycles. The normalized spacial score (nSPS) is 14.9. The number of carbonyl (C=O) groups is 2. The molecule has 1 saturated heterocycles. The highest BCUT2D eigenvalue weighted by atomic mass is 16.2. The Labute approximate surface area is 165 Å². The van der Waals surface area contributed by atoms with Crippen LogP contribution in [-0.4, -0.2) is 59.3 Å². The monoisotopic (exact) mass is 378 g/mol. The van der Waals surface area contributed by atoms with Crippen LogP contribution in [0, 0.1) is 0 Å². The lowest BCUT2D eigenvalue weighted by Gasteiger charge is -2.34. The lowest BCUT2D eigenvalue weighted by atomic mass is 10.2. The number of benzene rings is 1. The average molecular weight is 378 g/mol. The van der Waals surface area contributed by atoms with E-state index in [1.54, 1.807) is 17.3 Å². The van der Waals surface area contributed by atoms with Crippen LogP contribution in [0.4, 0.5) is 0 Å². The number of pyridine rings is 1. The van der Waals surface area contributed by atoms with Gasteiger partial charge in [-0.1, -0.05) is 48.6 Å². The van der Waals surface area contributed by atoms with Gasteiger partial charge in [-0.25, -0.2) is 0 Å². The summed E-state index contributed by atoms with van der Waals surface area (Å²) in [5, 5.41) is 2.78. The van der Waals surface area contributed by atoms with E-state index in [1.165, 1.54) is 5.56 Å². The second-order valence-corrected chi connectivity index (χ2v) is 6.81. The third-order valence-corrected chi connectivity index (χ3v) is 4.72. The number of nitrogens with one attached hydrogen (secondary N) is 1. The van der Waals surface area contributed by atoms with Gasteiger partial charge in [-0.2, -0.15) is 0 Å². The van der Waals surface area contributed by atoms with Crippen LogP contribution in [0.5, 0.6) is 0 Å². The summed E-state index contributed by atoms with van der Waals surface area (Å²) >= 11 is 0. The molecule has 1 aliphatic heterocycles. The van der Waals surface area contributed by atoms with Gasteiger partial charge >= 0.3 is 0 Å². The first kappa shape index (κ1) is 19.8. The predicted molar refractivity (Wildman–Crippen MR) is 109 cm³/mol. The molecule has 1 fully saturated rings. The topological polar surface area (TPSA) is 65.5 Å². The van der Waals surface area contributed by atoms with E-state index in [2.05, 4.69) is 39.5 Å². The highest BCUT2D eigenvalue weighted by Crippen LogP contribution is 2.06. The van der Waals surface area contributed by atoms with Crippen LogP contribution < -0.4 is 5.32 Å². The number of carbonyl (C=O) groups excluding carboxylic acids is 2. The summed E-state index contributed by atoms with van der Waals surface area (Å²) in [6, 6.07) is 13.9. The van der Waals surface area contributed by atoms with Crippen LogP contribution in [0.2, 0.25) is 0 Å². The zero-order chi connectivity index (χ0) is 19.6. The Balaban J connectivity index is 1.35. The fraction of sp³-hybridized carbons (Fsp3) is 0.318. The molecule has 146 valence electrons. The molecule has 6 heteroatoms. The lowest BCUT2D eigenvalue weighted by molar-refractivity contribution is -0.137. The third kappa shape index (κ3) is 6.32. The van der Waals surface area contributed by atoms with E-state index >= 15 is 0 Å². The van der Waals surface area contributed by atoms with E-state index in [0.29, 0.717) is 19.6 Å². The summed E-state index contributed by atoms with van der Waals surface area (Å²) in [7, 11) is 0. The van der Waals surface area contributed by atoms with Gasteiger partial charge in [0.15, 0.2) is 0 Å². The van der Waals surface area contributed by atoms with E-state index in [1.807, 2.05) is 30.3 Å². The summed E-state index contributed by atoms with van der Waals surface area (Å²) in [5.41, 5.74) is 2.11. The molecule has 0 radical (unpaired) electrons. The molecule has 2 amide bonds. The van der Waals surface area contributed by atoms with E-state index in [0.717, 1.165) is 25.2 Å². The lowest BCUT2D eigenvalue weighted by Crippen LogP contribution is -2.49. The zero-order valence-electron chi connectivity index (χ0n) is 16.0. The van der Waals surface area contributed by atoms with Gasteiger partial charge in [0.25, 0.3) is 0 Å². The van der Waals surface area contributed by atoms with Crippen LogP contribution in [0.15, 0.2) is 60.9 Å². The SMILES string of the molecule is O=C(CC(=O)N1CCN(C/C=C/c2ccccc2)CC1)NCc1cccnc1. The van der Waals surface area contributed by atoms with Crippen molar-refractivity contribution in [2.45, 2.75) is 13.0 Å². The smallest absolute Gasteiger partial charge is 0.232 e. The standard InChI is InChI=1S/C22H26N4O2/c27-21(24-18-20-8-4-10-23-17-20)16-22(28)26-14-12-25(13-15-26)11-5-9-19-6-2-1-3-7-19/h1-10,17H,11-16,18H2,(H,24,27)/b9-5+. The van der Waals surface area contributed by atoms with Crippen LogP contribution in [0.25, 0.3) is 6.08 Å². The highest BCUT2D eigenvalue weighted by molar-refractivity contribution is 5.96. The van der Waals surface area contributed by atoms with E-state index < -0.39 is 0 Å². The molecule has 1 aromatic carbocycles. The maximum Gasteiger partial charge on any atom is 0.232 e. The summed E-state index contributed by atoms with van der Waals surface area (Å²) in [6.07, 6.45) is 7.55. The van der Waals surface area contributed by atoms with Crippen LogP contribution in [0.1, 0.15) is 17.5 Å². The number of rotatable bonds is 7. The number of hydrogen-bond donors (Lipinski definition) is 1. The zero-order valence-corrected chi connectivity index (χ0v) is 16.0. The predicted octanol–water partition coefficient (Wildman–Crippen LogP) is 1.95. The van der Waals surface area contributed by atoms with Gasteiger partial charge in [0.1, 0.15) is 6.42 Å². The summed E-state index contributed by atoms with van der Waals surface area (Å²) in [5.74, 6) is -0.356. The molecule has 0 bridgehead atoms. The van der Waals surface area contributed by atoms with Crippen molar-refractivity contribution in [1.82, 2.24) is 20.1 Å². The average Bonchev–Trinajstić information content (AvgIpc) is 2.74. The van der Waals surface area contributed by atoms with Gasteiger partial charge in [-0.15, -0.1) is 0 Å². The molecule has 0 spiro atoms. The number of aromatic nitrogens is 1. The van der Waals surface area contributed by atoms with Crippen LogP contribution in [0.3, 0.4) is 0 Å². The van der Waals surface area contributed by atoms with Crippen molar-refractivity contribution in [3.63, 3.8) is 0 Å². The van der Waals surface area contributed by atoms with E-state index in [4.69, 9.17) is 0 Å². The van der Waals surface area contributed by atoms with Crippen LogP contribution in [-0.2, 0) is 16.1 Å². The van der Waals surface area contributed by atoms with Gasteiger partial charge in [-0.3, -0.25) is 19.5 Å². The first-order chi connectivity index (χ1) is 13.7. The minimum Gasteiger partial charge on any atom is -0.352 e. The van der Waals surface area contributed by atoms with Gasteiger partial charge < -0.3 is 10.2 Å². The Bertz CT molecular complexity index is 785. The molecule has 0 saturated carbocycles. The molecule has 0 unspecified atom stereocenters. The molecule has 2 aromatic rings. The number of piperazine rings is 1. The number of amides is 2.